The van der Waals surface area contributed by atoms with E-state index in [2.05, 4.69) is 19.8 Å². The molecule has 1 heterocycles. The minimum absolute atomic E-state index is 0.0108. The van der Waals surface area contributed by atoms with E-state index in [9.17, 15) is 59.3 Å². The number of pyridine rings is 1. The number of aliphatic hydroxyl groups is 2. The summed E-state index contributed by atoms with van der Waals surface area (Å²) in [4.78, 5) is 26.1. The Bertz CT molecular complexity index is 2080. The second kappa shape index (κ2) is 18.3. The van der Waals surface area contributed by atoms with Gasteiger partial charge in [0.1, 0.15) is 5.82 Å². The molecule has 1 aromatic heterocycles. The summed E-state index contributed by atoms with van der Waals surface area (Å²) in [6, 6.07) is 5.85. The molecule has 0 saturated carbocycles. The molecule has 3 unspecified atom stereocenters. The molecule has 0 fully saturated rings. The summed E-state index contributed by atoms with van der Waals surface area (Å²) in [6.45, 7) is -0.0530. The number of hydrogen-bond donors (Lipinski definition) is 4. The summed E-state index contributed by atoms with van der Waals surface area (Å²) in [6.07, 6.45) is -10.6. The fourth-order valence-electron chi connectivity index (χ4n) is 5.19. The zero-order valence-corrected chi connectivity index (χ0v) is 31.0. The van der Waals surface area contributed by atoms with Crippen LogP contribution in [0, 0.1) is 17.5 Å². The molecule has 0 spiro atoms. The number of alkyl halides is 6. The van der Waals surface area contributed by atoms with Gasteiger partial charge in [-0.2, -0.15) is 26.3 Å². The Labute approximate surface area is 322 Å². The second-order valence-electron chi connectivity index (χ2n) is 11.6. The molecular weight excluding hydrogens is 818 g/mol. The molecule has 0 aliphatic rings. The molecule has 0 bridgehead atoms. The van der Waals surface area contributed by atoms with Crippen LogP contribution >= 0.6 is 23.2 Å². The Hall–Kier alpha value is -4.27. The van der Waals surface area contributed by atoms with Gasteiger partial charge in [-0.15, -0.1) is 0 Å². The van der Waals surface area contributed by atoms with Crippen LogP contribution in [0.1, 0.15) is 35.8 Å². The maximum atomic E-state index is 14.7. The number of ketones is 1. The van der Waals surface area contributed by atoms with Gasteiger partial charge in [0.15, 0.2) is 23.1 Å². The van der Waals surface area contributed by atoms with Crippen LogP contribution in [0.15, 0.2) is 53.3 Å². The number of aromatic amines is 1. The lowest BCUT2D eigenvalue weighted by atomic mass is 9.87. The molecule has 4 aromatic rings. The number of fused-ring (bicyclic) bond motifs is 1. The number of Topliss-reactive ketones (excluding diaryl/α,β-unsaturated/α-hetero) is 1. The van der Waals surface area contributed by atoms with E-state index in [4.69, 9.17) is 32.7 Å². The summed E-state index contributed by atoms with van der Waals surface area (Å²) in [5.74, 6) is -6.46. The number of ether oxygens (including phenoxy) is 4. The van der Waals surface area contributed by atoms with E-state index in [1.54, 1.807) is 0 Å². The molecular formula is C35H33Cl2F9N2O8. The van der Waals surface area contributed by atoms with Crippen molar-refractivity contribution >= 4 is 45.6 Å². The maximum absolute atomic E-state index is 14.7. The first kappa shape index (κ1) is 46.1. The van der Waals surface area contributed by atoms with Crippen molar-refractivity contribution in [3.05, 3.63) is 97.5 Å². The van der Waals surface area contributed by atoms with Gasteiger partial charge in [-0.1, -0.05) is 29.3 Å². The number of anilines is 1. The number of aromatic nitrogens is 1. The highest BCUT2D eigenvalue weighted by molar-refractivity contribution is 6.31. The minimum atomic E-state index is -5.32. The summed E-state index contributed by atoms with van der Waals surface area (Å²) < 4.78 is 144. The Kier molecular flexibility index (Phi) is 15.1. The molecule has 0 aliphatic carbocycles. The monoisotopic (exact) mass is 850 g/mol. The van der Waals surface area contributed by atoms with Gasteiger partial charge in [-0.25, -0.2) is 13.2 Å². The normalized spacial score (nSPS) is 14.6. The molecule has 0 saturated heterocycles. The molecule has 56 heavy (non-hydrogen) atoms. The van der Waals surface area contributed by atoms with E-state index in [1.165, 1.54) is 19.9 Å². The third-order valence-electron chi connectivity index (χ3n) is 8.05. The fourth-order valence-corrected chi connectivity index (χ4v) is 5.49. The standard InChI is InChI=1S/C22H20ClF5N2O4.C13H13ClF4O4/c1-3-34-10-21(32,22(26,27)28)20(13-4-6-14(23)18(25)19(13)33-2)30-16-9-11(24)8-15-12(16)5-7-17(31)29-15;1-3-22-6-12(20,13(16,17)18)11(19)7-4-5-8(14)9(15)10(7)21-2/h4-9,20,30,32H,3,10H2,1-2H3,(H,29,31);4-5,20H,3,6H2,1-2H3. The number of H-pyrrole nitrogens is 1. The highest BCUT2D eigenvalue weighted by atomic mass is 35.5. The molecule has 3 aromatic carbocycles. The predicted octanol–water partition coefficient (Wildman–Crippen LogP) is 7.95. The van der Waals surface area contributed by atoms with Crippen molar-refractivity contribution in [1.29, 1.82) is 0 Å². The van der Waals surface area contributed by atoms with Crippen molar-refractivity contribution in [3.63, 3.8) is 0 Å². The van der Waals surface area contributed by atoms with Gasteiger partial charge in [-0.3, -0.25) is 9.59 Å². The number of halogens is 11. The van der Waals surface area contributed by atoms with Crippen LogP contribution in [-0.4, -0.2) is 85.2 Å². The number of carbonyl (C=O) groups is 1. The lowest BCUT2D eigenvalue weighted by molar-refractivity contribution is -0.281. The quantitative estimate of drug-likeness (QED) is 0.0736. The molecule has 10 nitrogen and oxygen atoms in total. The third kappa shape index (κ3) is 9.63. The number of benzene rings is 3. The molecule has 3 atom stereocenters. The average molecular weight is 852 g/mol. The molecule has 308 valence electrons. The van der Waals surface area contributed by atoms with Gasteiger partial charge in [0.05, 0.1) is 54.6 Å². The summed E-state index contributed by atoms with van der Waals surface area (Å²) in [7, 11) is 1.98. The summed E-state index contributed by atoms with van der Waals surface area (Å²) in [5.41, 5.74) is -9.48. The Morgan fingerprint density at radius 2 is 1.36 bits per heavy atom. The zero-order valence-electron chi connectivity index (χ0n) is 29.5. The summed E-state index contributed by atoms with van der Waals surface area (Å²) in [5, 5.41) is 22.5. The smallest absolute Gasteiger partial charge is 0.427 e. The Morgan fingerprint density at radius 3 is 1.89 bits per heavy atom. The molecule has 4 N–H and O–H groups in total. The number of hydrogen-bond acceptors (Lipinski definition) is 9. The topological polar surface area (TPSA) is 139 Å². The predicted molar refractivity (Wildman–Crippen MR) is 186 cm³/mol. The van der Waals surface area contributed by atoms with E-state index < -0.39 is 104 Å². The van der Waals surface area contributed by atoms with Crippen LogP contribution in [0.5, 0.6) is 11.5 Å². The SMILES string of the molecule is CCOCC(O)(C(=O)c1ccc(Cl)c(F)c1OC)C(F)(F)F.CCOCC(O)(C(Nc1cc(F)cc2[nH]c(=O)ccc12)c1ccc(Cl)c(F)c1OC)C(F)(F)F. The van der Waals surface area contributed by atoms with Gasteiger partial charge in [0, 0.05) is 35.9 Å². The van der Waals surface area contributed by atoms with E-state index >= 15 is 0 Å². The van der Waals surface area contributed by atoms with Gasteiger partial charge >= 0.3 is 12.4 Å². The van der Waals surface area contributed by atoms with E-state index in [0.717, 1.165) is 56.7 Å². The fraction of sp³-hybridized carbons (Fsp3) is 0.371. The zero-order chi connectivity index (χ0) is 42.4. The lowest BCUT2D eigenvalue weighted by Crippen LogP contribution is -2.56. The Balaban J connectivity index is 0.000000331. The number of carbonyl (C=O) groups excluding carboxylic acids is 1. The van der Waals surface area contributed by atoms with Gasteiger partial charge < -0.3 is 39.5 Å². The van der Waals surface area contributed by atoms with Crippen LogP contribution in [-0.2, 0) is 9.47 Å². The highest BCUT2D eigenvalue weighted by Gasteiger charge is 2.61. The largest absolute Gasteiger partial charge is 0.493 e. The first-order valence-corrected chi connectivity index (χ1v) is 16.7. The van der Waals surface area contributed by atoms with E-state index in [1.807, 2.05) is 0 Å². The Morgan fingerprint density at radius 1 is 0.804 bits per heavy atom. The van der Waals surface area contributed by atoms with Crippen LogP contribution in [0.4, 0.5) is 45.2 Å². The number of nitrogens with one attached hydrogen (secondary N) is 2. The lowest BCUT2D eigenvalue weighted by Gasteiger charge is -2.39. The van der Waals surface area contributed by atoms with Crippen molar-refractivity contribution in [3.8, 4) is 11.5 Å². The molecule has 4 rings (SSSR count). The second-order valence-corrected chi connectivity index (χ2v) is 12.4. The van der Waals surface area contributed by atoms with Crippen molar-refractivity contribution in [2.75, 3.05) is 46.0 Å². The minimum Gasteiger partial charge on any atom is -0.493 e. The van der Waals surface area contributed by atoms with Crippen molar-refractivity contribution < 1.29 is 73.5 Å². The van der Waals surface area contributed by atoms with Crippen molar-refractivity contribution in [2.24, 2.45) is 0 Å². The third-order valence-corrected chi connectivity index (χ3v) is 8.64. The average Bonchev–Trinajstić information content (AvgIpc) is 3.12. The van der Waals surface area contributed by atoms with Gasteiger partial charge in [0.25, 0.3) is 0 Å². The van der Waals surface area contributed by atoms with Crippen LogP contribution in [0.3, 0.4) is 0 Å². The van der Waals surface area contributed by atoms with Crippen molar-refractivity contribution in [1.82, 2.24) is 4.98 Å². The number of methoxy groups -OCH3 is 2. The molecule has 0 aliphatic heterocycles. The molecule has 0 radical (unpaired) electrons. The van der Waals surface area contributed by atoms with Crippen LogP contribution in [0.2, 0.25) is 10.0 Å². The molecule has 21 heteroatoms. The summed E-state index contributed by atoms with van der Waals surface area (Å²) >= 11 is 11.2. The van der Waals surface area contributed by atoms with Crippen molar-refractivity contribution in [2.45, 2.75) is 43.4 Å². The van der Waals surface area contributed by atoms with Crippen LogP contribution < -0.4 is 20.3 Å². The van der Waals surface area contributed by atoms with Crippen LogP contribution in [0.25, 0.3) is 10.9 Å². The van der Waals surface area contributed by atoms with E-state index in [0.29, 0.717) is 0 Å². The highest BCUT2D eigenvalue weighted by Crippen LogP contribution is 2.47. The maximum Gasteiger partial charge on any atom is 0.427 e. The van der Waals surface area contributed by atoms with Gasteiger partial charge in [-0.05, 0) is 50.2 Å². The first-order chi connectivity index (χ1) is 26.0. The van der Waals surface area contributed by atoms with Gasteiger partial charge in [0.2, 0.25) is 22.5 Å². The molecule has 0 amide bonds. The first-order valence-electron chi connectivity index (χ1n) is 15.9. The van der Waals surface area contributed by atoms with E-state index in [-0.39, 0.29) is 29.8 Å². The number of rotatable bonds is 14.